The van der Waals surface area contributed by atoms with Crippen LogP contribution in [0, 0.1) is 0 Å². The van der Waals surface area contributed by atoms with Gasteiger partial charge >= 0.3 is 5.97 Å². The van der Waals surface area contributed by atoms with E-state index < -0.39 is 33.3 Å². The van der Waals surface area contributed by atoms with E-state index in [9.17, 15) is 22.8 Å². The fraction of sp³-hybridized carbons (Fsp3) is 0.733. The molecule has 0 bridgehead atoms. The number of esters is 1. The molecule has 1 N–H and O–H groups in total. The average Bonchev–Trinajstić information content (AvgIpc) is 2.93. The minimum Gasteiger partial charge on any atom is -0.467 e. The molecule has 1 saturated heterocycles. The fourth-order valence-electron chi connectivity index (χ4n) is 2.82. The minimum absolute atomic E-state index is 0.00867. The van der Waals surface area contributed by atoms with Crippen LogP contribution in [0.4, 0.5) is 0 Å². The number of nitrogens with one attached hydrogen (secondary N) is 1. The van der Waals surface area contributed by atoms with Gasteiger partial charge < -0.3 is 10.1 Å². The molecule has 0 aromatic heterocycles. The van der Waals surface area contributed by atoms with Gasteiger partial charge in [-0.1, -0.05) is 6.92 Å². The Morgan fingerprint density at radius 2 is 2.08 bits per heavy atom. The zero-order valence-electron chi connectivity index (χ0n) is 14.6. The molecule has 2 amide bonds. The van der Waals surface area contributed by atoms with E-state index in [2.05, 4.69) is 10.4 Å². The van der Waals surface area contributed by atoms with Gasteiger partial charge in [-0.25, -0.2) is 18.2 Å². The number of methoxy groups -OCH3 is 1. The number of rotatable bonds is 5. The van der Waals surface area contributed by atoms with Gasteiger partial charge in [0.15, 0.2) is 9.84 Å². The Balaban J connectivity index is 2.18. The Morgan fingerprint density at radius 1 is 1.40 bits per heavy atom. The molecule has 0 spiro atoms. The van der Waals surface area contributed by atoms with Gasteiger partial charge in [0, 0.05) is 12.8 Å². The lowest BCUT2D eigenvalue weighted by molar-refractivity contribution is -0.149. The molecular formula is C15H23N3O6S. The monoisotopic (exact) mass is 373 g/mol. The van der Waals surface area contributed by atoms with E-state index in [4.69, 9.17) is 4.74 Å². The van der Waals surface area contributed by atoms with E-state index >= 15 is 0 Å². The summed E-state index contributed by atoms with van der Waals surface area (Å²) >= 11 is 0. The lowest BCUT2D eigenvalue weighted by Gasteiger charge is -2.30. The third-order valence-corrected chi connectivity index (χ3v) is 6.36. The predicted molar refractivity (Wildman–Crippen MR) is 89.4 cm³/mol. The Hall–Kier alpha value is -1.97. The molecule has 2 heterocycles. The van der Waals surface area contributed by atoms with Crippen LogP contribution in [0.2, 0.25) is 0 Å². The lowest BCUT2D eigenvalue weighted by atomic mass is 9.98. The van der Waals surface area contributed by atoms with Crippen molar-refractivity contribution >= 4 is 33.3 Å². The highest BCUT2D eigenvalue weighted by Gasteiger charge is 2.39. The van der Waals surface area contributed by atoms with Gasteiger partial charge in [-0.15, -0.1) is 0 Å². The molecule has 25 heavy (non-hydrogen) atoms. The number of ether oxygens (including phenoxy) is 1. The van der Waals surface area contributed by atoms with Gasteiger partial charge in [0.2, 0.25) is 5.91 Å². The normalized spacial score (nSPS) is 25.1. The molecule has 140 valence electrons. The molecule has 9 nitrogen and oxygen atoms in total. The molecule has 2 atom stereocenters. The molecule has 10 heteroatoms. The zero-order valence-corrected chi connectivity index (χ0v) is 15.4. The number of sulfone groups is 1. The summed E-state index contributed by atoms with van der Waals surface area (Å²) in [5.41, 5.74) is -1.09. The van der Waals surface area contributed by atoms with Crippen LogP contribution in [-0.2, 0) is 29.0 Å². The van der Waals surface area contributed by atoms with Gasteiger partial charge in [0.05, 0.1) is 24.7 Å². The first-order chi connectivity index (χ1) is 11.6. The second-order valence-corrected chi connectivity index (χ2v) is 8.70. The van der Waals surface area contributed by atoms with E-state index in [1.54, 1.807) is 13.8 Å². The molecule has 2 aliphatic heterocycles. The van der Waals surface area contributed by atoms with E-state index in [0.29, 0.717) is 12.8 Å². The number of hydrogen-bond donors (Lipinski definition) is 1. The third-order valence-electron chi connectivity index (χ3n) is 4.61. The number of hydrazone groups is 1. The Morgan fingerprint density at radius 3 is 2.60 bits per heavy atom. The molecule has 0 aromatic carbocycles. The van der Waals surface area contributed by atoms with Gasteiger partial charge in [-0.05, 0) is 19.8 Å². The maximum atomic E-state index is 12.5. The standard InChI is InChI=1S/C15H23N3O6S/c1-4-15(2,14(21)24-3)16-13(20)11-5-6-12(19)18(17-11)10-7-8-25(22,23)9-10/h10H,4-9H2,1-3H3,(H,16,20). The van der Waals surface area contributed by atoms with Crippen LogP contribution in [0.3, 0.4) is 0 Å². The molecule has 0 aliphatic carbocycles. The average molecular weight is 373 g/mol. The van der Waals surface area contributed by atoms with Crippen molar-refractivity contribution in [2.24, 2.45) is 5.10 Å². The topological polar surface area (TPSA) is 122 Å². The highest BCUT2D eigenvalue weighted by atomic mass is 32.2. The number of nitrogens with zero attached hydrogens (tertiary/aromatic N) is 2. The Bertz CT molecular complexity index is 717. The van der Waals surface area contributed by atoms with Crippen LogP contribution < -0.4 is 5.32 Å². The molecule has 2 unspecified atom stereocenters. The maximum Gasteiger partial charge on any atom is 0.331 e. The molecule has 0 saturated carbocycles. The van der Waals surface area contributed by atoms with Crippen molar-refractivity contribution < 1.29 is 27.5 Å². The molecule has 1 fully saturated rings. The predicted octanol–water partition coefficient (Wildman–Crippen LogP) is -0.390. The van der Waals surface area contributed by atoms with Gasteiger partial charge in [0.1, 0.15) is 11.3 Å². The van der Waals surface area contributed by atoms with Crippen LogP contribution in [0.1, 0.15) is 39.5 Å². The summed E-state index contributed by atoms with van der Waals surface area (Å²) in [4.78, 5) is 36.4. The number of amides is 2. The zero-order chi connectivity index (χ0) is 18.8. The summed E-state index contributed by atoms with van der Waals surface area (Å²) in [5.74, 6) is -1.58. The summed E-state index contributed by atoms with van der Waals surface area (Å²) < 4.78 is 28.0. The van der Waals surface area contributed by atoms with E-state index in [1.807, 2.05) is 0 Å². The highest BCUT2D eigenvalue weighted by molar-refractivity contribution is 7.91. The summed E-state index contributed by atoms with van der Waals surface area (Å²) in [5, 5.41) is 7.81. The highest BCUT2D eigenvalue weighted by Crippen LogP contribution is 2.22. The molecule has 2 rings (SSSR count). The Kier molecular flexibility index (Phi) is 5.50. The van der Waals surface area contributed by atoms with E-state index in [0.717, 1.165) is 5.01 Å². The maximum absolute atomic E-state index is 12.5. The van der Waals surface area contributed by atoms with Crippen LogP contribution >= 0.6 is 0 Å². The number of carbonyl (C=O) groups is 3. The Labute approximate surface area is 146 Å². The van der Waals surface area contributed by atoms with Crippen LogP contribution in [0.25, 0.3) is 0 Å². The summed E-state index contributed by atoms with van der Waals surface area (Å²) in [6.45, 7) is 3.28. The summed E-state index contributed by atoms with van der Waals surface area (Å²) in [7, 11) is -1.94. The quantitative estimate of drug-likeness (QED) is 0.655. The van der Waals surface area contributed by atoms with E-state index in [-0.39, 0.29) is 36.0 Å². The largest absolute Gasteiger partial charge is 0.467 e. The van der Waals surface area contributed by atoms with Crippen LogP contribution in [0.5, 0.6) is 0 Å². The number of carbonyl (C=O) groups excluding carboxylic acids is 3. The van der Waals surface area contributed by atoms with Crippen molar-refractivity contribution in [1.29, 1.82) is 0 Å². The SMILES string of the molecule is CCC(C)(NC(=O)C1=NN(C2CCS(=O)(=O)C2)C(=O)CC1)C(=O)OC. The first-order valence-corrected chi connectivity index (χ1v) is 9.95. The minimum atomic E-state index is -3.18. The van der Waals surface area contributed by atoms with Crippen molar-refractivity contribution in [2.45, 2.75) is 51.1 Å². The van der Waals surface area contributed by atoms with Gasteiger partial charge in [0.25, 0.3) is 5.91 Å². The van der Waals surface area contributed by atoms with Gasteiger partial charge in [-0.3, -0.25) is 9.59 Å². The third kappa shape index (κ3) is 4.17. The fourth-order valence-corrected chi connectivity index (χ4v) is 4.51. The first kappa shape index (κ1) is 19.4. The number of hydrogen-bond acceptors (Lipinski definition) is 7. The van der Waals surface area contributed by atoms with Crippen molar-refractivity contribution in [1.82, 2.24) is 10.3 Å². The van der Waals surface area contributed by atoms with Crippen molar-refractivity contribution in [2.75, 3.05) is 18.6 Å². The van der Waals surface area contributed by atoms with Crippen molar-refractivity contribution in [3.8, 4) is 0 Å². The molecule has 2 aliphatic rings. The molecule has 0 radical (unpaired) electrons. The first-order valence-electron chi connectivity index (χ1n) is 8.13. The van der Waals surface area contributed by atoms with Crippen molar-refractivity contribution in [3.05, 3.63) is 0 Å². The van der Waals surface area contributed by atoms with Gasteiger partial charge in [-0.2, -0.15) is 5.10 Å². The lowest BCUT2D eigenvalue weighted by Crippen LogP contribution is -2.55. The molecular weight excluding hydrogens is 350 g/mol. The second kappa shape index (κ2) is 7.11. The van der Waals surface area contributed by atoms with Crippen molar-refractivity contribution in [3.63, 3.8) is 0 Å². The summed E-state index contributed by atoms with van der Waals surface area (Å²) in [6, 6.07) is -0.543. The van der Waals surface area contributed by atoms with Crippen LogP contribution in [0.15, 0.2) is 5.10 Å². The van der Waals surface area contributed by atoms with Crippen LogP contribution in [-0.4, -0.2) is 67.1 Å². The molecule has 0 aromatic rings. The van der Waals surface area contributed by atoms with E-state index in [1.165, 1.54) is 7.11 Å². The smallest absolute Gasteiger partial charge is 0.331 e. The second-order valence-electron chi connectivity index (χ2n) is 6.47. The summed E-state index contributed by atoms with van der Waals surface area (Å²) in [6.07, 6.45) is 0.842.